The molecule has 0 aliphatic rings. The lowest BCUT2D eigenvalue weighted by Gasteiger charge is -2.10. The van der Waals surface area contributed by atoms with E-state index < -0.39 is 18.2 Å². The standard InChI is InChI=1S/C14H19NO5/c1-19-13(17)9-12(16)7-8-15-14(18)20-10-11-5-3-2-4-6-11/h2-6,12,16H,7-10H2,1H3,(H,15,18). The molecular weight excluding hydrogens is 262 g/mol. The number of methoxy groups -OCH3 is 1. The molecule has 1 rings (SSSR count). The van der Waals surface area contributed by atoms with E-state index in [1.807, 2.05) is 30.3 Å². The zero-order valence-electron chi connectivity index (χ0n) is 11.4. The maximum absolute atomic E-state index is 11.4. The van der Waals surface area contributed by atoms with E-state index in [1.165, 1.54) is 7.11 Å². The molecule has 6 nitrogen and oxygen atoms in total. The van der Waals surface area contributed by atoms with Crippen LogP contribution in [-0.4, -0.2) is 36.9 Å². The summed E-state index contributed by atoms with van der Waals surface area (Å²) < 4.78 is 9.41. The first-order valence-corrected chi connectivity index (χ1v) is 6.31. The van der Waals surface area contributed by atoms with Crippen LogP contribution in [0.4, 0.5) is 4.79 Å². The lowest BCUT2D eigenvalue weighted by molar-refractivity contribution is -0.142. The zero-order valence-corrected chi connectivity index (χ0v) is 11.4. The van der Waals surface area contributed by atoms with E-state index in [-0.39, 0.29) is 26.0 Å². The molecule has 0 heterocycles. The molecule has 1 aromatic carbocycles. The summed E-state index contributed by atoms with van der Waals surface area (Å²) in [4.78, 5) is 22.3. The quantitative estimate of drug-likeness (QED) is 0.734. The SMILES string of the molecule is COC(=O)CC(O)CCNC(=O)OCc1ccccc1. The van der Waals surface area contributed by atoms with Crippen molar-refractivity contribution in [3.63, 3.8) is 0 Å². The van der Waals surface area contributed by atoms with E-state index in [2.05, 4.69) is 10.1 Å². The number of nitrogens with one attached hydrogen (secondary N) is 1. The van der Waals surface area contributed by atoms with Gasteiger partial charge in [-0.15, -0.1) is 0 Å². The molecule has 1 amide bonds. The molecule has 1 atom stereocenters. The first kappa shape index (κ1) is 16.0. The van der Waals surface area contributed by atoms with Crippen molar-refractivity contribution in [1.82, 2.24) is 5.32 Å². The molecular formula is C14H19NO5. The molecule has 0 saturated carbocycles. The Labute approximate surface area is 117 Å². The molecule has 110 valence electrons. The summed E-state index contributed by atoms with van der Waals surface area (Å²) in [5.41, 5.74) is 0.897. The minimum Gasteiger partial charge on any atom is -0.469 e. The van der Waals surface area contributed by atoms with Gasteiger partial charge in [-0.3, -0.25) is 4.79 Å². The minimum absolute atomic E-state index is 0.0861. The number of aliphatic hydroxyl groups is 1. The van der Waals surface area contributed by atoms with Crippen LogP contribution in [0.25, 0.3) is 0 Å². The summed E-state index contributed by atoms with van der Waals surface area (Å²) in [6.07, 6.45) is -1.22. The largest absolute Gasteiger partial charge is 0.469 e. The van der Waals surface area contributed by atoms with Gasteiger partial charge in [0.25, 0.3) is 0 Å². The summed E-state index contributed by atoms with van der Waals surface area (Å²) in [5.74, 6) is -0.482. The van der Waals surface area contributed by atoms with Crippen molar-refractivity contribution in [2.75, 3.05) is 13.7 Å². The predicted octanol–water partition coefficient (Wildman–Crippen LogP) is 1.23. The van der Waals surface area contributed by atoms with Crippen LogP contribution in [0, 0.1) is 0 Å². The highest BCUT2D eigenvalue weighted by Gasteiger charge is 2.11. The van der Waals surface area contributed by atoms with Gasteiger partial charge in [0.2, 0.25) is 0 Å². The fourth-order valence-corrected chi connectivity index (χ4v) is 1.49. The third-order valence-corrected chi connectivity index (χ3v) is 2.59. The van der Waals surface area contributed by atoms with Gasteiger partial charge in [-0.2, -0.15) is 0 Å². The molecule has 1 unspecified atom stereocenters. The number of hydrogen-bond donors (Lipinski definition) is 2. The molecule has 1 aromatic rings. The number of carbonyl (C=O) groups is 2. The molecule has 0 aromatic heterocycles. The molecule has 0 radical (unpaired) electrons. The Morgan fingerprint density at radius 1 is 1.30 bits per heavy atom. The number of amides is 1. The smallest absolute Gasteiger partial charge is 0.407 e. The molecule has 0 bridgehead atoms. The van der Waals surface area contributed by atoms with Crippen molar-refractivity contribution in [2.24, 2.45) is 0 Å². The molecule has 0 spiro atoms. The minimum atomic E-state index is -0.836. The third kappa shape index (κ3) is 6.75. The topological polar surface area (TPSA) is 84.9 Å². The molecule has 0 aliphatic heterocycles. The second-order valence-corrected chi connectivity index (χ2v) is 4.21. The monoisotopic (exact) mass is 281 g/mol. The second-order valence-electron chi connectivity index (χ2n) is 4.21. The number of benzene rings is 1. The number of carbonyl (C=O) groups excluding carboxylic acids is 2. The first-order valence-electron chi connectivity index (χ1n) is 6.31. The Morgan fingerprint density at radius 3 is 2.65 bits per heavy atom. The number of ether oxygens (including phenoxy) is 2. The third-order valence-electron chi connectivity index (χ3n) is 2.59. The average molecular weight is 281 g/mol. The lowest BCUT2D eigenvalue weighted by atomic mass is 10.2. The fraction of sp³-hybridized carbons (Fsp3) is 0.429. The molecule has 6 heteroatoms. The Kier molecular flexibility index (Phi) is 7.13. The van der Waals surface area contributed by atoms with Crippen molar-refractivity contribution < 1.29 is 24.2 Å². The Morgan fingerprint density at radius 2 is 2.00 bits per heavy atom. The van der Waals surface area contributed by atoms with Crippen LogP contribution in [-0.2, 0) is 20.9 Å². The second kappa shape index (κ2) is 8.92. The maximum Gasteiger partial charge on any atom is 0.407 e. The summed E-state index contributed by atoms with van der Waals surface area (Å²) in [6.45, 7) is 0.420. The number of esters is 1. The highest BCUT2D eigenvalue weighted by Crippen LogP contribution is 2.01. The van der Waals surface area contributed by atoms with E-state index in [1.54, 1.807) is 0 Å². The van der Waals surface area contributed by atoms with Crippen LogP contribution >= 0.6 is 0 Å². The van der Waals surface area contributed by atoms with E-state index in [0.29, 0.717) is 0 Å². The molecule has 0 saturated heterocycles. The highest BCUT2D eigenvalue weighted by atomic mass is 16.5. The van der Waals surface area contributed by atoms with Crippen molar-refractivity contribution in [3.05, 3.63) is 35.9 Å². The summed E-state index contributed by atoms with van der Waals surface area (Å²) >= 11 is 0. The van der Waals surface area contributed by atoms with Gasteiger partial charge in [-0.05, 0) is 12.0 Å². The van der Waals surface area contributed by atoms with E-state index in [4.69, 9.17) is 4.74 Å². The Balaban J connectivity index is 2.12. The van der Waals surface area contributed by atoms with Gasteiger partial charge in [0.1, 0.15) is 6.61 Å². The lowest BCUT2D eigenvalue weighted by Crippen LogP contribution is -2.28. The number of rotatable bonds is 7. The van der Waals surface area contributed by atoms with Crippen molar-refractivity contribution in [3.8, 4) is 0 Å². The summed E-state index contributed by atoms with van der Waals surface area (Å²) in [7, 11) is 1.26. The van der Waals surface area contributed by atoms with Gasteiger partial charge < -0.3 is 19.9 Å². The van der Waals surface area contributed by atoms with Crippen LogP contribution in [0.2, 0.25) is 0 Å². The van der Waals surface area contributed by atoms with Crippen LogP contribution in [0.3, 0.4) is 0 Å². The summed E-state index contributed by atoms with van der Waals surface area (Å²) in [6, 6.07) is 9.31. The van der Waals surface area contributed by atoms with Gasteiger partial charge in [0.15, 0.2) is 0 Å². The van der Waals surface area contributed by atoms with Gasteiger partial charge in [-0.25, -0.2) is 4.79 Å². The fourth-order valence-electron chi connectivity index (χ4n) is 1.49. The van der Waals surface area contributed by atoms with Gasteiger partial charge >= 0.3 is 12.1 Å². The van der Waals surface area contributed by atoms with E-state index in [9.17, 15) is 14.7 Å². The van der Waals surface area contributed by atoms with E-state index >= 15 is 0 Å². The normalized spacial score (nSPS) is 11.5. The van der Waals surface area contributed by atoms with Crippen LogP contribution in [0.1, 0.15) is 18.4 Å². The number of alkyl carbamates (subject to hydrolysis) is 1. The van der Waals surface area contributed by atoms with Gasteiger partial charge in [0, 0.05) is 6.54 Å². The van der Waals surface area contributed by atoms with Crippen molar-refractivity contribution in [1.29, 1.82) is 0 Å². The Hall–Kier alpha value is -2.08. The first-order chi connectivity index (χ1) is 9.61. The summed E-state index contributed by atoms with van der Waals surface area (Å²) in [5, 5.41) is 12.0. The van der Waals surface area contributed by atoms with Crippen LogP contribution < -0.4 is 5.32 Å². The predicted molar refractivity (Wildman–Crippen MR) is 71.9 cm³/mol. The highest BCUT2D eigenvalue weighted by molar-refractivity contribution is 5.69. The van der Waals surface area contributed by atoms with Crippen molar-refractivity contribution in [2.45, 2.75) is 25.6 Å². The number of aliphatic hydroxyl groups excluding tert-OH is 1. The molecule has 2 N–H and O–H groups in total. The maximum atomic E-state index is 11.4. The average Bonchev–Trinajstić information content (AvgIpc) is 2.46. The van der Waals surface area contributed by atoms with Crippen LogP contribution in [0.5, 0.6) is 0 Å². The van der Waals surface area contributed by atoms with Gasteiger partial charge in [-0.1, -0.05) is 30.3 Å². The van der Waals surface area contributed by atoms with Crippen LogP contribution in [0.15, 0.2) is 30.3 Å². The Bertz CT molecular complexity index is 421. The molecule has 20 heavy (non-hydrogen) atoms. The zero-order chi connectivity index (χ0) is 14.8. The molecule has 0 fully saturated rings. The van der Waals surface area contributed by atoms with Crippen molar-refractivity contribution >= 4 is 12.1 Å². The van der Waals surface area contributed by atoms with E-state index in [0.717, 1.165) is 5.56 Å². The number of hydrogen-bond acceptors (Lipinski definition) is 5. The molecule has 0 aliphatic carbocycles. The van der Waals surface area contributed by atoms with Gasteiger partial charge in [0.05, 0.1) is 19.6 Å².